The van der Waals surface area contributed by atoms with Gasteiger partial charge < -0.3 is 29.0 Å². The minimum atomic E-state index is -0.319. The second-order valence-corrected chi connectivity index (χ2v) is 11.6. The van der Waals surface area contributed by atoms with Gasteiger partial charge in [0, 0.05) is 47.8 Å². The van der Waals surface area contributed by atoms with Crippen molar-refractivity contribution in [3.05, 3.63) is 69.3 Å². The Morgan fingerprint density at radius 2 is 1.13 bits per heavy atom. The number of aldehydes is 2. The van der Waals surface area contributed by atoms with Gasteiger partial charge in [-0.3, -0.25) is 9.59 Å². The number of aryl methyl sites for hydroxylation is 3. The average molecular weight is 623 g/mol. The Hall–Kier alpha value is -5.12. The maximum absolute atomic E-state index is 12.2. The average Bonchev–Trinajstić information content (AvgIpc) is 3.69. The van der Waals surface area contributed by atoms with Gasteiger partial charge in [0.25, 0.3) is 0 Å². The topological polar surface area (TPSA) is 144 Å². The molecule has 5 rings (SSSR count). The van der Waals surface area contributed by atoms with E-state index in [1.165, 1.54) is 14.2 Å². The molecule has 2 aliphatic heterocycles. The first-order chi connectivity index (χ1) is 22.1. The zero-order valence-electron chi connectivity index (χ0n) is 27.1. The highest BCUT2D eigenvalue weighted by Gasteiger charge is 2.22. The molecule has 0 fully saturated rings. The van der Waals surface area contributed by atoms with Crippen LogP contribution in [0.5, 0.6) is 0 Å². The maximum atomic E-state index is 12.2. The first-order valence-corrected chi connectivity index (χ1v) is 15.2. The summed E-state index contributed by atoms with van der Waals surface area (Å²) in [5.41, 5.74) is 13.1. The fourth-order valence-electron chi connectivity index (χ4n) is 6.20. The lowest BCUT2D eigenvalue weighted by Crippen LogP contribution is -2.02. The van der Waals surface area contributed by atoms with E-state index in [2.05, 4.69) is 9.97 Å². The summed E-state index contributed by atoms with van der Waals surface area (Å²) in [6, 6.07) is 7.78. The summed E-state index contributed by atoms with van der Waals surface area (Å²) < 4.78 is 9.85. The summed E-state index contributed by atoms with van der Waals surface area (Å²) in [6.45, 7) is 7.88. The Kier molecular flexibility index (Phi) is 9.46. The van der Waals surface area contributed by atoms with Crippen molar-refractivity contribution in [2.75, 3.05) is 14.2 Å². The number of allylic oxidation sites excluding steroid dienone is 4. The lowest BCUT2D eigenvalue weighted by Gasteiger charge is -2.04. The molecule has 2 N–H and O–H groups in total. The van der Waals surface area contributed by atoms with Gasteiger partial charge in [-0.1, -0.05) is 0 Å². The highest BCUT2D eigenvalue weighted by molar-refractivity contribution is 5.98. The third kappa shape index (κ3) is 6.20. The fourth-order valence-corrected chi connectivity index (χ4v) is 6.20. The van der Waals surface area contributed by atoms with Crippen LogP contribution in [0.25, 0.3) is 44.4 Å². The van der Waals surface area contributed by atoms with E-state index in [-0.39, 0.29) is 37.6 Å². The Labute approximate surface area is 267 Å². The summed E-state index contributed by atoms with van der Waals surface area (Å²) in [6.07, 6.45) is 3.41. The molecule has 0 radical (unpaired) electrons. The van der Waals surface area contributed by atoms with Crippen LogP contribution in [0.1, 0.15) is 84.6 Å². The third-order valence-electron chi connectivity index (χ3n) is 8.99. The number of hydrogen-bond acceptors (Lipinski definition) is 8. The smallest absolute Gasteiger partial charge is 0.305 e. The summed E-state index contributed by atoms with van der Waals surface area (Å²) in [7, 11) is 2.74. The first kappa shape index (κ1) is 32.3. The molecule has 0 saturated carbocycles. The maximum Gasteiger partial charge on any atom is 0.305 e. The molecule has 10 nitrogen and oxygen atoms in total. The predicted octanol–water partition coefficient (Wildman–Crippen LogP) is 6.18. The van der Waals surface area contributed by atoms with E-state index in [0.717, 1.165) is 79.2 Å². The van der Waals surface area contributed by atoms with E-state index in [0.29, 0.717) is 35.6 Å². The van der Waals surface area contributed by atoms with Gasteiger partial charge in [-0.25, -0.2) is 9.97 Å². The number of ether oxygens (including phenoxy) is 2. The quantitative estimate of drug-likeness (QED) is 0.201. The Balaban J connectivity index is 1.91. The van der Waals surface area contributed by atoms with Crippen LogP contribution < -0.4 is 0 Å². The van der Waals surface area contributed by atoms with Gasteiger partial charge in [-0.2, -0.15) is 0 Å². The monoisotopic (exact) mass is 622 g/mol. The number of aromatic amines is 2. The molecule has 8 bridgehead atoms. The summed E-state index contributed by atoms with van der Waals surface area (Å²) in [5, 5.41) is 0. The Morgan fingerprint density at radius 1 is 0.630 bits per heavy atom. The minimum Gasteiger partial charge on any atom is -0.469 e. The molecule has 3 aromatic rings. The van der Waals surface area contributed by atoms with E-state index >= 15 is 0 Å². The number of fused-ring (bicyclic) bond motifs is 8. The zero-order chi connectivity index (χ0) is 33.1. The van der Waals surface area contributed by atoms with Crippen LogP contribution in [0.15, 0.2) is 24.3 Å². The van der Waals surface area contributed by atoms with Crippen molar-refractivity contribution < 1.29 is 28.7 Å². The number of nitrogens with zero attached hydrogens (tertiary/aromatic N) is 2. The SMILES string of the molecule is COC(=O)CCC1=C(C)c2cc3nc(cc4[nH]c(cc5[nH]c(cc1n2)c(CCC(=O)OC)c5C)c(CC=O)c4C)C(CC=O)=C3C. The molecule has 46 heavy (non-hydrogen) atoms. The van der Waals surface area contributed by atoms with Gasteiger partial charge >= 0.3 is 11.9 Å². The number of carbonyl (C=O) groups excluding carboxylic acids is 4. The number of aromatic nitrogens is 4. The molecule has 10 heteroatoms. The second kappa shape index (κ2) is 13.5. The summed E-state index contributed by atoms with van der Waals surface area (Å²) >= 11 is 0. The number of esters is 2. The third-order valence-corrected chi connectivity index (χ3v) is 8.99. The van der Waals surface area contributed by atoms with Gasteiger partial charge in [0.2, 0.25) is 0 Å². The Bertz CT molecular complexity index is 1990. The van der Waals surface area contributed by atoms with Gasteiger partial charge in [-0.15, -0.1) is 0 Å². The molecule has 3 aromatic heterocycles. The molecule has 0 aromatic carbocycles. The highest BCUT2D eigenvalue weighted by Crippen LogP contribution is 2.37. The van der Waals surface area contributed by atoms with Crippen molar-refractivity contribution in [3.63, 3.8) is 0 Å². The molecule has 0 atom stereocenters. The van der Waals surface area contributed by atoms with Crippen molar-refractivity contribution in [2.45, 2.75) is 66.2 Å². The fraction of sp³-hybridized carbons (Fsp3) is 0.333. The number of H-pyrrole nitrogens is 2. The van der Waals surface area contributed by atoms with Crippen LogP contribution in [0.3, 0.4) is 0 Å². The lowest BCUT2D eigenvalue weighted by molar-refractivity contribution is -0.141. The Morgan fingerprint density at radius 3 is 1.74 bits per heavy atom. The number of rotatable bonds is 10. The summed E-state index contributed by atoms with van der Waals surface area (Å²) in [5.74, 6) is -0.631. The van der Waals surface area contributed by atoms with E-state index < -0.39 is 0 Å². The molecule has 5 heterocycles. The number of methoxy groups -OCH3 is 2. The van der Waals surface area contributed by atoms with Crippen molar-refractivity contribution in [3.8, 4) is 0 Å². The molecular weight excluding hydrogens is 584 g/mol. The highest BCUT2D eigenvalue weighted by atomic mass is 16.5. The van der Waals surface area contributed by atoms with Crippen LogP contribution in [-0.2, 0) is 41.5 Å². The molecule has 238 valence electrons. The van der Waals surface area contributed by atoms with Crippen LogP contribution in [-0.4, -0.2) is 58.7 Å². The summed E-state index contributed by atoms with van der Waals surface area (Å²) in [4.78, 5) is 64.8. The standard InChI is InChI=1S/C36H38N4O6/c1-19-23(7-9-35(43)45-5)33-18-34-24(8-10-36(44)46-6)20(2)29(40-34)16-32-26(12-14-42)22(4)30(39-32)17-31-25(11-13-41)21(3)28(37-31)15-27(19)38-33/h13-18,39-40H,7-12H2,1-6H3. The largest absolute Gasteiger partial charge is 0.469 e. The molecular formula is C36H38N4O6. The van der Waals surface area contributed by atoms with E-state index in [9.17, 15) is 19.2 Å². The van der Waals surface area contributed by atoms with Crippen molar-refractivity contribution in [2.24, 2.45) is 0 Å². The van der Waals surface area contributed by atoms with Gasteiger partial charge in [0.15, 0.2) is 0 Å². The van der Waals surface area contributed by atoms with Crippen LogP contribution >= 0.6 is 0 Å². The van der Waals surface area contributed by atoms with Crippen molar-refractivity contribution in [1.82, 2.24) is 19.9 Å². The molecule has 0 aliphatic carbocycles. The first-order valence-electron chi connectivity index (χ1n) is 15.2. The molecule has 0 unspecified atom stereocenters. The molecule has 0 spiro atoms. The van der Waals surface area contributed by atoms with Crippen LogP contribution in [0.4, 0.5) is 0 Å². The van der Waals surface area contributed by atoms with E-state index in [1.807, 2.05) is 52.0 Å². The lowest BCUT2D eigenvalue weighted by atomic mass is 9.99. The van der Waals surface area contributed by atoms with E-state index in [4.69, 9.17) is 19.4 Å². The number of hydrogen-bond donors (Lipinski definition) is 2. The van der Waals surface area contributed by atoms with Crippen molar-refractivity contribution in [1.29, 1.82) is 0 Å². The minimum absolute atomic E-state index is 0.186. The van der Waals surface area contributed by atoms with Crippen LogP contribution in [0, 0.1) is 13.8 Å². The van der Waals surface area contributed by atoms with Gasteiger partial charge in [0.05, 0.1) is 37.0 Å². The number of nitrogens with one attached hydrogen (secondary N) is 2. The second-order valence-electron chi connectivity index (χ2n) is 11.6. The molecule has 0 saturated heterocycles. The van der Waals surface area contributed by atoms with Crippen LogP contribution in [0.2, 0.25) is 0 Å². The zero-order valence-corrected chi connectivity index (χ0v) is 27.1. The predicted molar refractivity (Wildman–Crippen MR) is 177 cm³/mol. The van der Waals surface area contributed by atoms with Crippen molar-refractivity contribution >= 4 is 68.9 Å². The molecule has 0 amide bonds. The molecule has 2 aliphatic rings. The van der Waals surface area contributed by atoms with Gasteiger partial charge in [0.1, 0.15) is 12.6 Å². The van der Waals surface area contributed by atoms with E-state index in [1.54, 1.807) is 0 Å². The normalized spacial score (nSPS) is 12.8. The number of carbonyl (C=O) groups is 4. The van der Waals surface area contributed by atoms with Gasteiger partial charge in [-0.05, 0) is 109 Å².